The van der Waals surface area contributed by atoms with Gasteiger partial charge in [0, 0.05) is 41.7 Å². The zero-order valence-electron chi connectivity index (χ0n) is 16.4. The molecule has 0 radical (unpaired) electrons. The van der Waals surface area contributed by atoms with Crippen molar-refractivity contribution in [2.24, 2.45) is 15.9 Å². The summed E-state index contributed by atoms with van der Waals surface area (Å²) in [5, 5.41) is 3.33. The summed E-state index contributed by atoms with van der Waals surface area (Å²) < 4.78 is 0. The van der Waals surface area contributed by atoms with Gasteiger partial charge in [0.25, 0.3) is 5.91 Å². The molecule has 0 saturated heterocycles. The van der Waals surface area contributed by atoms with Gasteiger partial charge < -0.3 is 4.90 Å². The van der Waals surface area contributed by atoms with E-state index in [0.717, 1.165) is 23.6 Å². The minimum atomic E-state index is -0.267. The van der Waals surface area contributed by atoms with Gasteiger partial charge in [0.05, 0.1) is 12.3 Å². The van der Waals surface area contributed by atoms with E-state index in [1.54, 1.807) is 24.3 Å². The highest BCUT2D eigenvalue weighted by molar-refractivity contribution is 6.30. The Bertz CT molecular complexity index is 883. The van der Waals surface area contributed by atoms with Crippen molar-refractivity contribution in [2.45, 2.75) is 44.9 Å². The number of guanidine groups is 1. The summed E-state index contributed by atoms with van der Waals surface area (Å²) in [5.74, 6) is 0.962. The van der Waals surface area contributed by atoms with Gasteiger partial charge in [-0.25, -0.2) is 9.98 Å². The predicted octanol–water partition coefficient (Wildman–Crippen LogP) is 3.97. The molecule has 7 heteroatoms. The van der Waals surface area contributed by atoms with Crippen molar-refractivity contribution in [2.75, 3.05) is 13.1 Å². The average molecular weight is 413 g/mol. The summed E-state index contributed by atoms with van der Waals surface area (Å²) in [6.45, 7) is 1.05. The van der Waals surface area contributed by atoms with E-state index in [1.165, 1.54) is 25.7 Å². The van der Waals surface area contributed by atoms with Crippen LogP contribution in [-0.2, 0) is 4.79 Å². The third-order valence-corrected chi connectivity index (χ3v) is 6.06. The first-order valence-corrected chi connectivity index (χ1v) is 10.7. The van der Waals surface area contributed by atoms with Crippen LogP contribution in [0.25, 0.3) is 0 Å². The molecule has 2 aliphatic heterocycles. The van der Waals surface area contributed by atoms with Crippen molar-refractivity contribution in [3.8, 4) is 0 Å². The molecule has 1 N–H and O–H groups in total. The van der Waals surface area contributed by atoms with Gasteiger partial charge >= 0.3 is 0 Å². The largest absolute Gasteiger partial charge is 0.318 e. The minimum absolute atomic E-state index is 0.189. The number of hydrogen-bond donors (Lipinski definition) is 1. The molecular formula is C22H25ClN4O2. The number of halogens is 1. The fourth-order valence-corrected chi connectivity index (χ4v) is 4.23. The van der Waals surface area contributed by atoms with Crippen LogP contribution in [0.4, 0.5) is 0 Å². The summed E-state index contributed by atoms with van der Waals surface area (Å²) in [4.78, 5) is 35.6. The number of nitrogens with one attached hydrogen (secondary N) is 1. The van der Waals surface area contributed by atoms with Gasteiger partial charge in [-0.1, -0.05) is 37.3 Å². The maximum atomic E-state index is 12.6. The zero-order valence-corrected chi connectivity index (χ0v) is 17.1. The first-order valence-electron chi connectivity index (χ1n) is 10.3. The second-order valence-electron chi connectivity index (χ2n) is 7.84. The van der Waals surface area contributed by atoms with E-state index in [0.29, 0.717) is 42.5 Å². The van der Waals surface area contributed by atoms with Crippen molar-refractivity contribution in [3.05, 3.63) is 46.6 Å². The summed E-state index contributed by atoms with van der Waals surface area (Å²) in [6.07, 6.45) is 9.33. The fourth-order valence-electron chi connectivity index (χ4n) is 4.11. The third kappa shape index (κ3) is 4.93. The molecule has 0 atom stereocenters. The maximum absolute atomic E-state index is 12.6. The molecule has 6 nitrogen and oxygen atoms in total. The summed E-state index contributed by atoms with van der Waals surface area (Å²) in [7, 11) is 0. The predicted molar refractivity (Wildman–Crippen MR) is 114 cm³/mol. The molecule has 4 rings (SSSR count). The molecular weight excluding hydrogens is 388 g/mol. The molecule has 1 fully saturated rings. The number of fused-ring (bicyclic) bond motifs is 1. The number of rotatable bonds is 4. The molecule has 3 aliphatic rings. The molecule has 0 spiro atoms. The number of carbonyl (C=O) groups is 2. The van der Waals surface area contributed by atoms with Crippen LogP contribution in [0.5, 0.6) is 0 Å². The number of benzene rings is 1. The molecule has 0 bridgehead atoms. The Hall–Kier alpha value is -2.47. The fraction of sp³-hybridized carbons (Fsp3) is 0.455. The molecule has 0 unspecified atom stereocenters. The van der Waals surface area contributed by atoms with Crippen LogP contribution in [0.3, 0.4) is 0 Å². The number of amides is 2. The first-order chi connectivity index (χ1) is 14.1. The Balaban J connectivity index is 1.34. The van der Waals surface area contributed by atoms with Gasteiger partial charge in [-0.05, 0) is 36.6 Å². The van der Waals surface area contributed by atoms with E-state index in [1.807, 2.05) is 11.1 Å². The van der Waals surface area contributed by atoms with Gasteiger partial charge in [-0.15, -0.1) is 0 Å². The number of nitrogens with zero attached hydrogens (tertiary/aromatic N) is 3. The van der Waals surface area contributed by atoms with E-state index in [4.69, 9.17) is 11.6 Å². The van der Waals surface area contributed by atoms with E-state index in [2.05, 4.69) is 15.3 Å². The van der Waals surface area contributed by atoms with Crippen LogP contribution < -0.4 is 5.32 Å². The highest BCUT2D eigenvalue weighted by Crippen LogP contribution is 2.29. The van der Waals surface area contributed by atoms with Gasteiger partial charge in [-0.2, -0.15) is 0 Å². The quantitative estimate of drug-likeness (QED) is 0.812. The van der Waals surface area contributed by atoms with Gasteiger partial charge in [-0.3, -0.25) is 14.9 Å². The lowest BCUT2D eigenvalue weighted by molar-refractivity contribution is -0.129. The van der Waals surface area contributed by atoms with E-state index in [9.17, 15) is 9.59 Å². The number of hydrogen-bond acceptors (Lipinski definition) is 4. The number of carbonyl (C=O) groups excluding carboxylic acids is 2. The Morgan fingerprint density at radius 2 is 1.93 bits per heavy atom. The van der Waals surface area contributed by atoms with Crippen molar-refractivity contribution in [1.29, 1.82) is 0 Å². The molecule has 1 aromatic rings. The monoisotopic (exact) mass is 412 g/mol. The highest BCUT2D eigenvalue weighted by atomic mass is 35.5. The van der Waals surface area contributed by atoms with E-state index in [-0.39, 0.29) is 11.8 Å². The molecule has 1 aromatic carbocycles. The second kappa shape index (κ2) is 8.91. The Labute approximate surface area is 175 Å². The standard InChI is InChI=1S/C22H25ClN4O2/c23-18-8-6-16(7-9-18)21(29)26-22-24-13-17-14-27(12-11-19(17)25-22)20(28)10-5-15-3-1-2-4-15/h6-9,14-15H,1-5,10-13H2,(H,24,26,29). The lowest BCUT2D eigenvalue weighted by Gasteiger charge is -2.28. The Kier molecular flexibility index (Phi) is 6.09. The van der Waals surface area contributed by atoms with E-state index < -0.39 is 0 Å². The zero-order chi connectivity index (χ0) is 20.2. The van der Waals surface area contributed by atoms with Gasteiger partial charge in [0.1, 0.15) is 0 Å². The maximum Gasteiger partial charge on any atom is 0.258 e. The molecule has 1 aliphatic carbocycles. The first kappa shape index (κ1) is 19.8. The van der Waals surface area contributed by atoms with Crippen LogP contribution >= 0.6 is 11.6 Å². The number of aliphatic imine (C=N–C) groups is 2. The Morgan fingerprint density at radius 1 is 1.17 bits per heavy atom. The normalized spacial score (nSPS) is 19.2. The van der Waals surface area contributed by atoms with Crippen molar-refractivity contribution in [1.82, 2.24) is 10.2 Å². The molecule has 2 heterocycles. The van der Waals surface area contributed by atoms with Gasteiger partial charge in [0.2, 0.25) is 11.9 Å². The molecule has 2 amide bonds. The smallest absolute Gasteiger partial charge is 0.258 e. The topological polar surface area (TPSA) is 74.1 Å². The van der Waals surface area contributed by atoms with Crippen LogP contribution in [0.15, 0.2) is 46.0 Å². The lowest BCUT2D eigenvalue weighted by Crippen LogP contribution is -2.37. The lowest BCUT2D eigenvalue weighted by atomic mass is 10.00. The average Bonchev–Trinajstić information content (AvgIpc) is 3.25. The summed E-state index contributed by atoms with van der Waals surface area (Å²) in [6, 6.07) is 6.67. The van der Waals surface area contributed by atoms with Crippen LogP contribution in [0.2, 0.25) is 5.02 Å². The van der Waals surface area contributed by atoms with Gasteiger partial charge in [0.15, 0.2) is 0 Å². The summed E-state index contributed by atoms with van der Waals surface area (Å²) >= 11 is 5.86. The molecule has 152 valence electrons. The third-order valence-electron chi connectivity index (χ3n) is 5.81. The van der Waals surface area contributed by atoms with Crippen molar-refractivity contribution >= 4 is 35.1 Å². The summed E-state index contributed by atoms with van der Waals surface area (Å²) in [5.41, 5.74) is 2.35. The molecule has 1 saturated carbocycles. The van der Waals surface area contributed by atoms with Crippen LogP contribution in [-0.4, -0.2) is 41.5 Å². The van der Waals surface area contributed by atoms with Crippen LogP contribution in [0.1, 0.15) is 55.3 Å². The second-order valence-corrected chi connectivity index (χ2v) is 8.28. The van der Waals surface area contributed by atoms with Crippen molar-refractivity contribution in [3.63, 3.8) is 0 Å². The molecule has 0 aromatic heterocycles. The Morgan fingerprint density at radius 3 is 2.69 bits per heavy atom. The molecule has 29 heavy (non-hydrogen) atoms. The van der Waals surface area contributed by atoms with Crippen molar-refractivity contribution < 1.29 is 9.59 Å². The highest BCUT2D eigenvalue weighted by Gasteiger charge is 2.25. The van der Waals surface area contributed by atoms with E-state index >= 15 is 0 Å². The van der Waals surface area contributed by atoms with Crippen LogP contribution in [0, 0.1) is 5.92 Å². The minimum Gasteiger partial charge on any atom is -0.318 e. The SMILES string of the molecule is O=C(NC1=NCC2=CN(C(=O)CCC3CCCC3)CCC2=N1)c1ccc(Cl)cc1.